The van der Waals surface area contributed by atoms with Crippen molar-refractivity contribution in [2.45, 2.75) is 64.6 Å². The molecule has 194 valence electrons. The van der Waals surface area contributed by atoms with Crippen molar-refractivity contribution in [3.63, 3.8) is 0 Å². The summed E-state index contributed by atoms with van der Waals surface area (Å²) in [5.74, 6) is 0.629. The number of likely N-dealkylation sites (tertiary alicyclic amines) is 1. The van der Waals surface area contributed by atoms with Gasteiger partial charge in [-0.15, -0.1) is 13.2 Å². The number of carbonyl (C=O) groups is 1. The number of aromatic hydroxyl groups is 2. The van der Waals surface area contributed by atoms with Gasteiger partial charge in [-0.05, 0) is 67.3 Å². The van der Waals surface area contributed by atoms with Crippen molar-refractivity contribution in [2.24, 2.45) is 11.7 Å². The molecule has 0 unspecified atom stereocenters. The lowest BCUT2D eigenvalue weighted by molar-refractivity contribution is -0.123. The largest absolute Gasteiger partial charge is 0.507 e. The molecule has 2 aromatic carbocycles. The molecule has 0 aromatic heterocycles. The van der Waals surface area contributed by atoms with E-state index in [-0.39, 0.29) is 23.4 Å². The predicted octanol–water partition coefficient (Wildman–Crippen LogP) is 4.68. The third-order valence-electron chi connectivity index (χ3n) is 6.75. The van der Waals surface area contributed by atoms with E-state index in [0.29, 0.717) is 42.9 Å². The summed E-state index contributed by atoms with van der Waals surface area (Å²) in [4.78, 5) is 14.7. The number of nitrogens with zero attached hydrogens (tertiary/aromatic N) is 1. The summed E-state index contributed by atoms with van der Waals surface area (Å²) in [7, 11) is 0. The van der Waals surface area contributed by atoms with Crippen LogP contribution in [-0.2, 0) is 24.2 Å². The number of hydrogen-bond acceptors (Lipinski definition) is 5. The molecule has 1 saturated heterocycles. The van der Waals surface area contributed by atoms with Gasteiger partial charge in [0.2, 0.25) is 5.91 Å². The number of benzene rings is 2. The lowest BCUT2D eigenvalue weighted by atomic mass is 9.94. The van der Waals surface area contributed by atoms with Crippen molar-refractivity contribution < 1.29 is 15.0 Å². The number of carbonyl (C=O) groups excluding carboxylic acids is 1. The zero-order valence-electron chi connectivity index (χ0n) is 21.7. The van der Waals surface area contributed by atoms with Crippen LogP contribution in [0.15, 0.2) is 55.6 Å². The Hall–Kier alpha value is -3.09. The van der Waals surface area contributed by atoms with Gasteiger partial charge in [-0.25, -0.2) is 0 Å². The van der Waals surface area contributed by atoms with E-state index >= 15 is 0 Å². The van der Waals surface area contributed by atoms with Crippen LogP contribution in [0.1, 0.15) is 49.8 Å². The smallest absolute Gasteiger partial charge is 0.237 e. The molecule has 0 bridgehead atoms. The van der Waals surface area contributed by atoms with E-state index in [1.807, 2.05) is 36.4 Å². The van der Waals surface area contributed by atoms with Crippen molar-refractivity contribution in [3.05, 3.63) is 72.3 Å². The molecule has 6 nitrogen and oxygen atoms in total. The van der Waals surface area contributed by atoms with Crippen LogP contribution in [0, 0.1) is 5.92 Å². The minimum absolute atomic E-state index is 0.0694. The Morgan fingerprint density at radius 1 is 1.08 bits per heavy atom. The highest BCUT2D eigenvalue weighted by Gasteiger charge is 2.25. The monoisotopic (exact) mass is 491 g/mol. The first-order valence-corrected chi connectivity index (χ1v) is 12.9. The van der Waals surface area contributed by atoms with Gasteiger partial charge < -0.3 is 21.3 Å². The van der Waals surface area contributed by atoms with Gasteiger partial charge in [0.05, 0.1) is 6.04 Å². The Morgan fingerprint density at radius 3 is 2.36 bits per heavy atom. The molecule has 1 amide bonds. The fraction of sp³-hybridized carbons (Fsp3) is 0.433. The number of allylic oxidation sites excluding steroid dienone is 2. The summed E-state index contributed by atoms with van der Waals surface area (Å²) in [6.45, 7) is 14.0. The fourth-order valence-corrected chi connectivity index (χ4v) is 4.86. The molecule has 36 heavy (non-hydrogen) atoms. The van der Waals surface area contributed by atoms with Crippen LogP contribution < -0.4 is 11.1 Å². The highest BCUT2D eigenvalue weighted by Crippen LogP contribution is 2.39. The first-order valence-electron chi connectivity index (χ1n) is 12.9. The Labute approximate surface area is 215 Å². The van der Waals surface area contributed by atoms with Gasteiger partial charge in [-0.2, -0.15) is 0 Å². The maximum Gasteiger partial charge on any atom is 0.237 e. The third-order valence-corrected chi connectivity index (χ3v) is 6.75. The Kier molecular flexibility index (Phi) is 9.73. The summed E-state index contributed by atoms with van der Waals surface area (Å²) in [6.07, 6.45) is 7.36. The van der Waals surface area contributed by atoms with E-state index in [0.717, 1.165) is 42.6 Å². The number of phenolic OH excluding ortho intramolecular Hbond substituents is 2. The summed E-state index contributed by atoms with van der Waals surface area (Å²) in [6, 6.07) is 9.04. The molecule has 1 fully saturated rings. The molecule has 1 heterocycles. The summed E-state index contributed by atoms with van der Waals surface area (Å²) in [5.41, 5.74) is 10.1. The molecule has 6 heteroatoms. The minimum atomic E-state index is -0.465. The molecule has 1 atom stereocenters. The van der Waals surface area contributed by atoms with Gasteiger partial charge in [0.25, 0.3) is 0 Å². The molecule has 1 aliphatic heterocycles. The van der Waals surface area contributed by atoms with Crippen LogP contribution in [0.5, 0.6) is 11.5 Å². The van der Waals surface area contributed by atoms with Gasteiger partial charge in [-0.3, -0.25) is 9.69 Å². The Morgan fingerprint density at radius 2 is 1.72 bits per heavy atom. The fourth-order valence-electron chi connectivity index (χ4n) is 4.86. The van der Waals surface area contributed by atoms with Crippen molar-refractivity contribution in [1.82, 2.24) is 10.2 Å². The summed E-state index contributed by atoms with van der Waals surface area (Å²) in [5, 5.41) is 25.0. The van der Waals surface area contributed by atoms with E-state index in [9.17, 15) is 15.0 Å². The van der Waals surface area contributed by atoms with Gasteiger partial charge in [0, 0.05) is 42.4 Å². The van der Waals surface area contributed by atoms with Crippen LogP contribution in [0.4, 0.5) is 0 Å². The molecule has 5 N–H and O–H groups in total. The second-order valence-corrected chi connectivity index (χ2v) is 10.3. The number of amides is 1. The Bertz CT molecular complexity index is 1070. The quantitative estimate of drug-likeness (QED) is 0.342. The van der Waals surface area contributed by atoms with Crippen molar-refractivity contribution >= 4 is 5.91 Å². The van der Waals surface area contributed by atoms with Gasteiger partial charge in [0.1, 0.15) is 11.5 Å². The molecule has 0 saturated carbocycles. The molecule has 1 aliphatic rings. The van der Waals surface area contributed by atoms with Gasteiger partial charge >= 0.3 is 0 Å². The topological polar surface area (TPSA) is 98.8 Å². The molecular weight excluding hydrogens is 450 g/mol. The molecule has 2 aromatic rings. The van der Waals surface area contributed by atoms with Crippen molar-refractivity contribution in [2.75, 3.05) is 13.1 Å². The van der Waals surface area contributed by atoms with Crippen molar-refractivity contribution in [1.29, 1.82) is 0 Å². The average molecular weight is 492 g/mol. The lowest BCUT2D eigenvalue weighted by Crippen LogP contribution is -2.49. The van der Waals surface area contributed by atoms with Crippen LogP contribution >= 0.6 is 0 Å². The normalized spacial score (nSPS) is 15.6. The van der Waals surface area contributed by atoms with E-state index < -0.39 is 6.04 Å². The van der Waals surface area contributed by atoms with Gasteiger partial charge in [-0.1, -0.05) is 38.1 Å². The van der Waals surface area contributed by atoms with Crippen LogP contribution in [-0.4, -0.2) is 46.2 Å². The first-order chi connectivity index (χ1) is 17.2. The number of hydrogen-bond donors (Lipinski definition) is 4. The molecular formula is C30H41N3O3. The number of nitrogens with two attached hydrogens (primary N) is 1. The van der Waals surface area contributed by atoms with E-state index in [2.05, 4.69) is 37.2 Å². The maximum atomic E-state index is 12.4. The number of piperidine rings is 1. The predicted molar refractivity (Wildman–Crippen MR) is 147 cm³/mol. The minimum Gasteiger partial charge on any atom is -0.507 e. The van der Waals surface area contributed by atoms with Crippen molar-refractivity contribution in [3.8, 4) is 22.6 Å². The molecule has 3 rings (SSSR count). The summed E-state index contributed by atoms with van der Waals surface area (Å²) < 4.78 is 0. The first kappa shape index (κ1) is 27.5. The molecule has 0 spiro atoms. The van der Waals surface area contributed by atoms with Gasteiger partial charge in [0.15, 0.2) is 0 Å². The molecule has 0 aliphatic carbocycles. The SMILES string of the molecule is C=CCc1ccc(O)c(-c2cc(CC=C)cc(CN3CCC(NC(=O)[C@H](N)CC(C)C)CC3)c2O)c1. The second kappa shape index (κ2) is 12.7. The van der Waals surface area contributed by atoms with E-state index in [4.69, 9.17) is 5.73 Å². The highest BCUT2D eigenvalue weighted by molar-refractivity contribution is 5.81. The highest BCUT2D eigenvalue weighted by atomic mass is 16.3. The molecule has 0 radical (unpaired) electrons. The summed E-state index contributed by atoms with van der Waals surface area (Å²) >= 11 is 0. The van der Waals surface area contributed by atoms with Crippen LogP contribution in [0.2, 0.25) is 0 Å². The van der Waals surface area contributed by atoms with Crippen LogP contribution in [0.3, 0.4) is 0 Å². The second-order valence-electron chi connectivity index (χ2n) is 10.3. The zero-order chi connectivity index (χ0) is 26.2. The average Bonchev–Trinajstić information content (AvgIpc) is 2.83. The maximum absolute atomic E-state index is 12.4. The third kappa shape index (κ3) is 7.21. The standard InChI is InChI=1S/C30H41N3O3/c1-5-7-21-9-10-28(34)25(17-21)26-18-22(8-6-2)16-23(29(26)35)19-33-13-11-24(12-14-33)32-30(36)27(31)15-20(3)4/h5-6,9-10,16-18,20,24,27,34-35H,1-2,7-8,11-15,19,31H2,3-4H3,(H,32,36)/t27-/m1/s1. The van der Waals surface area contributed by atoms with Crippen LogP contribution in [0.25, 0.3) is 11.1 Å². The number of rotatable bonds is 11. The lowest BCUT2D eigenvalue weighted by Gasteiger charge is -2.33. The zero-order valence-corrected chi connectivity index (χ0v) is 21.7. The van der Waals surface area contributed by atoms with E-state index in [1.165, 1.54) is 0 Å². The Balaban J connectivity index is 1.74. The number of phenols is 2. The number of nitrogens with one attached hydrogen (secondary N) is 1. The van der Waals surface area contributed by atoms with E-state index in [1.54, 1.807) is 6.07 Å².